The van der Waals surface area contributed by atoms with Crippen molar-refractivity contribution in [3.8, 4) is 0 Å². The Balaban J connectivity index is 1.92. The third kappa shape index (κ3) is 5.63. The summed E-state index contributed by atoms with van der Waals surface area (Å²) in [5.74, 6) is 2.36. The second-order valence-electron chi connectivity index (χ2n) is 8.65. The maximum Gasteiger partial charge on any atom is 0.214 e. The molecule has 0 amide bonds. The van der Waals surface area contributed by atoms with Crippen LogP contribution in [0.25, 0.3) is 0 Å². The van der Waals surface area contributed by atoms with E-state index in [9.17, 15) is 8.42 Å². The van der Waals surface area contributed by atoms with Gasteiger partial charge in [-0.15, -0.1) is 0 Å². The molecule has 3 rings (SSSR count). The number of piperazine rings is 1. The summed E-state index contributed by atoms with van der Waals surface area (Å²) in [6.45, 7) is 12.7. The van der Waals surface area contributed by atoms with Gasteiger partial charge in [-0.1, -0.05) is 50.6 Å². The number of rotatable bonds is 8. The molecular formula is C24H36N4O2S. The minimum absolute atomic E-state index is 0.219. The number of anilines is 1. The second-order valence-corrected chi connectivity index (χ2v) is 10.7. The van der Waals surface area contributed by atoms with E-state index in [1.807, 2.05) is 6.92 Å². The molecule has 0 aliphatic carbocycles. The highest BCUT2D eigenvalue weighted by atomic mass is 32.2. The Labute approximate surface area is 187 Å². The van der Waals surface area contributed by atoms with Crippen molar-refractivity contribution in [1.82, 2.24) is 14.3 Å². The van der Waals surface area contributed by atoms with Crippen molar-refractivity contribution in [1.29, 1.82) is 0 Å². The molecule has 1 atom stereocenters. The Morgan fingerprint density at radius 3 is 2.39 bits per heavy atom. The number of aryl methyl sites for hydroxylation is 2. The SMILES string of the molecule is CCCS(=O)(=O)N1CCN(c2nc([C@@H](C)CC)nc(C)c2Cc2cccc(C)c2)CC1. The molecule has 6 nitrogen and oxygen atoms in total. The van der Waals surface area contributed by atoms with Crippen LogP contribution in [0, 0.1) is 13.8 Å². The van der Waals surface area contributed by atoms with Gasteiger partial charge < -0.3 is 4.90 Å². The maximum atomic E-state index is 12.5. The lowest BCUT2D eigenvalue weighted by molar-refractivity contribution is 0.383. The Hall–Kier alpha value is -1.99. The van der Waals surface area contributed by atoms with Crippen LogP contribution >= 0.6 is 0 Å². The minimum Gasteiger partial charge on any atom is -0.354 e. The van der Waals surface area contributed by atoms with E-state index in [0.29, 0.717) is 32.6 Å². The normalized spacial score (nSPS) is 16.5. The number of nitrogens with zero attached hydrogens (tertiary/aromatic N) is 4. The molecule has 1 aromatic carbocycles. The predicted octanol–water partition coefficient (Wildman–Crippen LogP) is 4.06. The summed E-state index contributed by atoms with van der Waals surface area (Å²) >= 11 is 0. The van der Waals surface area contributed by atoms with Gasteiger partial charge in [0.05, 0.1) is 5.75 Å². The largest absolute Gasteiger partial charge is 0.354 e. The van der Waals surface area contributed by atoms with Crippen LogP contribution < -0.4 is 4.90 Å². The zero-order chi connectivity index (χ0) is 22.6. The fourth-order valence-electron chi connectivity index (χ4n) is 4.06. The first kappa shape index (κ1) is 23.7. The lowest BCUT2D eigenvalue weighted by atomic mass is 10.0. The molecule has 1 aliphatic rings. The number of benzene rings is 1. The molecule has 1 aliphatic heterocycles. The monoisotopic (exact) mass is 444 g/mol. The summed E-state index contributed by atoms with van der Waals surface area (Å²) in [6.07, 6.45) is 2.41. The van der Waals surface area contributed by atoms with Crippen molar-refractivity contribution in [3.63, 3.8) is 0 Å². The van der Waals surface area contributed by atoms with Crippen molar-refractivity contribution in [2.75, 3.05) is 36.8 Å². The molecule has 2 heterocycles. The molecule has 0 radical (unpaired) electrons. The predicted molar refractivity (Wildman–Crippen MR) is 127 cm³/mol. The topological polar surface area (TPSA) is 66.4 Å². The summed E-state index contributed by atoms with van der Waals surface area (Å²) in [7, 11) is -3.16. The van der Waals surface area contributed by atoms with E-state index >= 15 is 0 Å². The molecule has 0 saturated carbocycles. The van der Waals surface area contributed by atoms with E-state index in [1.165, 1.54) is 11.1 Å². The highest BCUT2D eigenvalue weighted by Crippen LogP contribution is 2.28. The average molecular weight is 445 g/mol. The Bertz CT molecular complexity index is 999. The van der Waals surface area contributed by atoms with Gasteiger partial charge in [0.25, 0.3) is 0 Å². The first-order valence-electron chi connectivity index (χ1n) is 11.4. The van der Waals surface area contributed by atoms with Gasteiger partial charge in [-0.2, -0.15) is 4.31 Å². The van der Waals surface area contributed by atoms with Crippen LogP contribution in [0.3, 0.4) is 0 Å². The van der Waals surface area contributed by atoms with Crippen LogP contribution in [0.2, 0.25) is 0 Å². The third-order valence-electron chi connectivity index (χ3n) is 6.12. The third-order valence-corrected chi connectivity index (χ3v) is 8.20. The fraction of sp³-hybridized carbons (Fsp3) is 0.583. The van der Waals surface area contributed by atoms with Crippen molar-refractivity contribution < 1.29 is 8.42 Å². The Morgan fingerprint density at radius 1 is 1.06 bits per heavy atom. The van der Waals surface area contributed by atoms with Crippen LogP contribution in [-0.4, -0.2) is 54.6 Å². The Kier molecular flexibility index (Phi) is 7.70. The molecule has 0 spiro atoms. The van der Waals surface area contributed by atoms with Crippen molar-refractivity contribution in [3.05, 3.63) is 52.5 Å². The van der Waals surface area contributed by atoms with Crippen LogP contribution in [-0.2, 0) is 16.4 Å². The molecule has 1 saturated heterocycles. The van der Waals surface area contributed by atoms with Gasteiger partial charge in [-0.05, 0) is 32.3 Å². The van der Waals surface area contributed by atoms with E-state index in [4.69, 9.17) is 9.97 Å². The Morgan fingerprint density at radius 2 is 1.77 bits per heavy atom. The van der Waals surface area contributed by atoms with Crippen LogP contribution in [0.5, 0.6) is 0 Å². The second kappa shape index (κ2) is 10.1. The van der Waals surface area contributed by atoms with E-state index in [1.54, 1.807) is 4.31 Å². The van der Waals surface area contributed by atoms with Crippen LogP contribution in [0.4, 0.5) is 5.82 Å². The summed E-state index contributed by atoms with van der Waals surface area (Å²) in [4.78, 5) is 12.1. The lowest BCUT2D eigenvalue weighted by Gasteiger charge is -2.36. The van der Waals surface area contributed by atoms with Gasteiger partial charge in [0, 0.05) is 49.8 Å². The molecule has 1 aromatic heterocycles. The summed E-state index contributed by atoms with van der Waals surface area (Å²) in [6, 6.07) is 8.55. The van der Waals surface area contributed by atoms with E-state index < -0.39 is 10.0 Å². The summed E-state index contributed by atoms with van der Waals surface area (Å²) in [5, 5.41) is 0. The van der Waals surface area contributed by atoms with Crippen molar-refractivity contribution >= 4 is 15.8 Å². The molecule has 31 heavy (non-hydrogen) atoms. The number of sulfonamides is 1. The minimum atomic E-state index is -3.16. The molecule has 7 heteroatoms. The number of hydrogen-bond acceptors (Lipinski definition) is 5. The van der Waals surface area contributed by atoms with Gasteiger partial charge in [0.1, 0.15) is 11.6 Å². The summed E-state index contributed by atoms with van der Waals surface area (Å²) in [5.41, 5.74) is 4.64. The van der Waals surface area contributed by atoms with Crippen LogP contribution in [0.1, 0.15) is 67.7 Å². The first-order valence-corrected chi connectivity index (χ1v) is 13.0. The lowest BCUT2D eigenvalue weighted by Crippen LogP contribution is -2.49. The standard InChI is InChI=1S/C24H36N4O2S/c1-6-15-31(29,30)28-13-11-27(12-14-28)24-22(17-21-10-8-9-18(3)16-21)20(5)25-23(26-24)19(4)7-2/h8-10,16,19H,6-7,11-15,17H2,1-5H3/t19-/m0/s1. The van der Waals surface area contributed by atoms with Gasteiger partial charge in [0.15, 0.2) is 0 Å². The van der Waals surface area contributed by atoms with Gasteiger partial charge in [-0.25, -0.2) is 18.4 Å². The molecule has 2 aromatic rings. The van der Waals surface area contributed by atoms with Gasteiger partial charge in [-0.3, -0.25) is 0 Å². The van der Waals surface area contributed by atoms with Crippen molar-refractivity contribution in [2.24, 2.45) is 0 Å². The highest BCUT2D eigenvalue weighted by Gasteiger charge is 2.28. The molecule has 1 fully saturated rings. The average Bonchev–Trinajstić information content (AvgIpc) is 2.74. The smallest absolute Gasteiger partial charge is 0.214 e. The molecule has 0 bridgehead atoms. The zero-order valence-corrected chi connectivity index (χ0v) is 20.4. The molecule has 0 unspecified atom stereocenters. The number of aromatic nitrogens is 2. The molecule has 170 valence electrons. The van der Waals surface area contributed by atoms with E-state index in [0.717, 1.165) is 35.7 Å². The maximum absolute atomic E-state index is 12.5. The van der Waals surface area contributed by atoms with E-state index in [2.05, 4.69) is 56.9 Å². The quantitative estimate of drug-likeness (QED) is 0.614. The van der Waals surface area contributed by atoms with E-state index in [-0.39, 0.29) is 11.7 Å². The van der Waals surface area contributed by atoms with Gasteiger partial charge >= 0.3 is 0 Å². The first-order chi connectivity index (χ1) is 14.7. The molecular weight excluding hydrogens is 408 g/mol. The van der Waals surface area contributed by atoms with Gasteiger partial charge in [0.2, 0.25) is 10.0 Å². The van der Waals surface area contributed by atoms with Crippen molar-refractivity contribution in [2.45, 2.75) is 59.8 Å². The fourth-order valence-corrected chi connectivity index (χ4v) is 5.56. The molecule has 0 N–H and O–H groups in total. The number of hydrogen-bond donors (Lipinski definition) is 0. The highest BCUT2D eigenvalue weighted by molar-refractivity contribution is 7.89. The zero-order valence-electron chi connectivity index (χ0n) is 19.6. The summed E-state index contributed by atoms with van der Waals surface area (Å²) < 4.78 is 26.6. The van der Waals surface area contributed by atoms with Crippen LogP contribution in [0.15, 0.2) is 24.3 Å².